The standard InChI is InChI=1S/C24H25N3O2/c1-17(2)29-23-10-6-5-9-21(23)26-24(28)22-15-20(11-13-25-22)27-14-12-18-7-3-4-8-19(18)16-27/h3-11,13,15,17H,12,14,16H2,1-2H3,(H,26,28). The van der Waals surface area contributed by atoms with Crippen molar-refractivity contribution in [3.05, 3.63) is 83.7 Å². The van der Waals surface area contributed by atoms with Gasteiger partial charge < -0.3 is 15.0 Å². The summed E-state index contributed by atoms with van der Waals surface area (Å²) in [6.07, 6.45) is 2.72. The molecule has 3 aromatic rings. The maximum atomic E-state index is 12.8. The zero-order chi connectivity index (χ0) is 20.2. The van der Waals surface area contributed by atoms with Gasteiger partial charge >= 0.3 is 0 Å². The molecule has 5 heteroatoms. The largest absolute Gasteiger partial charge is 0.489 e. The van der Waals surface area contributed by atoms with E-state index in [1.54, 1.807) is 6.20 Å². The fourth-order valence-corrected chi connectivity index (χ4v) is 3.57. The molecule has 0 fully saturated rings. The summed E-state index contributed by atoms with van der Waals surface area (Å²) < 4.78 is 5.79. The first-order valence-corrected chi connectivity index (χ1v) is 9.95. The molecule has 2 aromatic carbocycles. The van der Waals surface area contributed by atoms with Gasteiger partial charge in [-0.05, 0) is 55.7 Å². The van der Waals surface area contributed by atoms with Crippen LogP contribution in [-0.4, -0.2) is 23.5 Å². The summed E-state index contributed by atoms with van der Waals surface area (Å²) in [6.45, 7) is 5.68. The van der Waals surface area contributed by atoms with Crippen LogP contribution in [0.15, 0.2) is 66.9 Å². The molecule has 0 unspecified atom stereocenters. The van der Waals surface area contributed by atoms with Gasteiger partial charge in [0.15, 0.2) is 0 Å². The van der Waals surface area contributed by atoms with Crippen LogP contribution < -0.4 is 15.0 Å². The molecule has 0 saturated heterocycles. The lowest BCUT2D eigenvalue weighted by Crippen LogP contribution is -2.30. The molecule has 0 radical (unpaired) electrons. The number of nitrogens with zero attached hydrogens (tertiary/aromatic N) is 2. The van der Waals surface area contributed by atoms with Gasteiger partial charge in [-0.2, -0.15) is 0 Å². The molecule has 0 spiro atoms. The highest BCUT2D eigenvalue weighted by molar-refractivity contribution is 6.04. The number of nitrogens with one attached hydrogen (secondary N) is 1. The van der Waals surface area contributed by atoms with Crippen LogP contribution in [0.2, 0.25) is 0 Å². The van der Waals surface area contributed by atoms with E-state index in [0.717, 1.165) is 25.2 Å². The van der Waals surface area contributed by atoms with Crippen LogP contribution in [0.5, 0.6) is 5.75 Å². The van der Waals surface area contributed by atoms with Crippen molar-refractivity contribution in [2.45, 2.75) is 32.9 Å². The minimum absolute atomic E-state index is 0.0245. The summed E-state index contributed by atoms with van der Waals surface area (Å²) >= 11 is 0. The van der Waals surface area contributed by atoms with Gasteiger partial charge in [0.1, 0.15) is 11.4 Å². The lowest BCUT2D eigenvalue weighted by atomic mass is 9.99. The van der Waals surface area contributed by atoms with Gasteiger partial charge in [-0.25, -0.2) is 0 Å². The first-order chi connectivity index (χ1) is 14.1. The Morgan fingerprint density at radius 2 is 1.83 bits per heavy atom. The number of ether oxygens (including phenoxy) is 1. The third-order valence-electron chi connectivity index (χ3n) is 4.97. The topological polar surface area (TPSA) is 54.5 Å². The third kappa shape index (κ3) is 4.40. The summed E-state index contributed by atoms with van der Waals surface area (Å²) in [6, 6.07) is 19.8. The minimum atomic E-state index is -0.246. The molecule has 1 N–H and O–H groups in total. The van der Waals surface area contributed by atoms with E-state index in [4.69, 9.17) is 4.74 Å². The van der Waals surface area contributed by atoms with Gasteiger partial charge in [-0.1, -0.05) is 36.4 Å². The van der Waals surface area contributed by atoms with E-state index in [2.05, 4.69) is 39.5 Å². The van der Waals surface area contributed by atoms with Crippen LogP contribution >= 0.6 is 0 Å². The zero-order valence-electron chi connectivity index (χ0n) is 16.8. The summed E-state index contributed by atoms with van der Waals surface area (Å²) in [5.74, 6) is 0.406. The molecule has 1 amide bonds. The Labute approximate surface area is 171 Å². The van der Waals surface area contributed by atoms with Crippen LogP contribution in [0.25, 0.3) is 0 Å². The third-order valence-corrected chi connectivity index (χ3v) is 4.97. The van der Waals surface area contributed by atoms with Crippen LogP contribution in [0.1, 0.15) is 35.5 Å². The smallest absolute Gasteiger partial charge is 0.274 e. The number of benzene rings is 2. The molecule has 29 heavy (non-hydrogen) atoms. The van der Waals surface area contributed by atoms with Crippen molar-refractivity contribution in [2.24, 2.45) is 0 Å². The van der Waals surface area contributed by atoms with Gasteiger partial charge in [0.25, 0.3) is 5.91 Å². The van der Waals surface area contributed by atoms with Crippen molar-refractivity contribution in [2.75, 3.05) is 16.8 Å². The van der Waals surface area contributed by atoms with Gasteiger partial charge in [0, 0.05) is 25.0 Å². The summed E-state index contributed by atoms with van der Waals surface area (Å²) in [4.78, 5) is 19.4. The number of para-hydroxylation sites is 2. The van der Waals surface area contributed by atoms with Crippen molar-refractivity contribution < 1.29 is 9.53 Å². The average Bonchev–Trinajstić information content (AvgIpc) is 2.74. The Morgan fingerprint density at radius 3 is 2.66 bits per heavy atom. The van der Waals surface area contributed by atoms with E-state index in [1.807, 2.05) is 50.2 Å². The van der Waals surface area contributed by atoms with E-state index in [9.17, 15) is 4.79 Å². The Balaban J connectivity index is 1.52. The molecule has 1 aliphatic heterocycles. The second kappa shape index (κ2) is 8.35. The number of aromatic nitrogens is 1. The number of pyridine rings is 1. The summed E-state index contributed by atoms with van der Waals surface area (Å²) in [5.41, 5.74) is 4.77. The monoisotopic (exact) mass is 387 g/mol. The molecule has 2 heterocycles. The quantitative estimate of drug-likeness (QED) is 0.690. The van der Waals surface area contributed by atoms with Crippen LogP contribution in [-0.2, 0) is 13.0 Å². The Morgan fingerprint density at radius 1 is 1.07 bits per heavy atom. The number of hydrogen-bond donors (Lipinski definition) is 1. The molecule has 1 aliphatic rings. The normalized spacial score (nSPS) is 13.1. The van der Waals surface area contributed by atoms with Crippen molar-refractivity contribution >= 4 is 17.3 Å². The average molecular weight is 387 g/mol. The zero-order valence-corrected chi connectivity index (χ0v) is 16.8. The number of carbonyl (C=O) groups is 1. The predicted molar refractivity (Wildman–Crippen MR) is 116 cm³/mol. The SMILES string of the molecule is CC(C)Oc1ccccc1NC(=O)c1cc(N2CCc3ccccc3C2)ccn1. The van der Waals surface area contributed by atoms with E-state index in [0.29, 0.717) is 17.1 Å². The first kappa shape index (κ1) is 19.0. The Kier molecular flexibility index (Phi) is 5.47. The molecular formula is C24H25N3O2. The Hall–Kier alpha value is -3.34. The van der Waals surface area contributed by atoms with Crippen molar-refractivity contribution in [1.29, 1.82) is 0 Å². The first-order valence-electron chi connectivity index (χ1n) is 9.95. The minimum Gasteiger partial charge on any atom is -0.489 e. The summed E-state index contributed by atoms with van der Waals surface area (Å²) in [7, 11) is 0. The second-order valence-electron chi connectivity index (χ2n) is 7.46. The van der Waals surface area contributed by atoms with Crippen molar-refractivity contribution in [3.63, 3.8) is 0 Å². The van der Waals surface area contributed by atoms with Gasteiger partial charge in [0.05, 0.1) is 11.8 Å². The molecule has 1 aromatic heterocycles. The van der Waals surface area contributed by atoms with Gasteiger partial charge in [0.2, 0.25) is 0 Å². The van der Waals surface area contributed by atoms with Gasteiger partial charge in [-0.15, -0.1) is 0 Å². The van der Waals surface area contributed by atoms with Crippen molar-refractivity contribution in [1.82, 2.24) is 4.98 Å². The Bertz CT molecular complexity index is 1020. The summed E-state index contributed by atoms with van der Waals surface area (Å²) in [5, 5.41) is 2.93. The van der Waals surface area contributed by atoms with E-state index >= 15 is 0 Å². The molecule has 148 valence electrons. The van der Waals surface area contributed by atoms with Crippen LogP contribution in [0, 0.1) is 0 Å². The lowest BCUT2D eigenvalue weighted by molar-refractivity contribution is 0.102. The molecular weight excluding hydrogens is 362 g/mol. The lowest BCUT2D eigenvalue weighted by Gasteiger charge is -2.30. The molecule has 0 atom stereocenters. The van der Waals surface area contributed by atoms with Crippen LogP contribution in [0.4, 0.5) is 11.4 Å². The molecule has 4 rings (SSSR count). The second-order valence-corrected chi connectivity index (χ2v) is 7.46. The van der Waals surface area contributed by atoms with Crippen molar-refractivity contribution in [3.8, 4) is 5.75 Å². The number of carbonyl (C=O) groups excluding carboxylic acids is 1. The molecule has 0 saturated carbocycles. The highest BCUT2D eigenvalue weighted by atomic mass is 16.5. The number of rotatable bonds is 5. The van der Waals surface area contributed by atoms with E-state index in [1.165, 1.54) is 11.1 Å². The number of amides is 1. The highest BCUT2D eigenvalue weighted by Crippen LogP contribution is 2.27. The van der Waals surface area contributed by atoms with E-state index in [-0.39, 0.29) is 12.0 Å². The maximum absolute atomic E-state index is 12.8. The highest BCUT2D eigenvalue weighted by Gasteiger charge is 2.18. The maximum Gasteiger partial charge on any atom is 0.274 e. The number of anilines is 2. The number of hydrogen-bond acceptors (Lipinski definition) is 4. The number of fused-ring (bicyclic) bond motifs is 1. The molecule has 0 aliphatic carbocycles. The van der Waals surface area contributed by atoms with Crippen LogP contribution in [0.3, 0.4) is 0 Å². The predicted octanol–water partition coefficient (Wildman–Crippen LogP) is 4.68. The fraction of sp³-hybridized carbons (Fsp3) is 0.250. The molecule has 5 nitrogen and oxygen atoms in total. The molecule has 0 bridgehead atoms. The fourth-order valence-electron chi connectivity index (χ4n) is 3.57. The van der Waals surface area contributed by atoms with E-state index < -0.39 is 0 Å². The van der Waals surface area contributed by atoms with Gasteiger partial charge in [-0.3, -0.25) is 9.78 Å².